The predicted octanol–water partition coefficient (Wildman–Crippen LogP) is 1.27. The van der Waals surface area contributed by atoms with Gasteiger partial charge in [-0.15, -0.1) is 0 Å². The van der Waals surface area contributed by atoms with Gasteiger partial charge in [0, 0.05) is 24.9 Å². The topological polar surface area (TPSA) is 50.7 Å². The van der Waals surface area contributed by atoms with E-state index in [0.717, 1.165) is 0 Å². The molecule has 1 aliphatic rings. The Morgan fingerprint density at radius 2 is 2.11 bits per heavy atom. The zero-order valence-electron chi connectivity index (χ0n) is 11.6. The highest BCUT2D eigenvalue weighted by molar-refractivity contribution is 7.99. The Morgan fingerprint density at radius 1 is 1.33 bits per heavy atom. The van der Waals surface area contributed by atoms with Gasteiger partial charge in [-0.3, -0.25) is 0 Å². The van der Waals surface area contributed by atoms with Crippen molar-refractivity contribution in [3.05, 3.63) is 0 Å². The minimum Gasteiger partial charge on any atom is -0.389 e. The first-order valence-corrected chi connectivity index (χ1v) is 8.07. The molecule has 0 spiro atoms. The minimum atomic E-state index is -0.425. The minimum absolute atomic E-state index is 0.382. The lowest BCUT2D eigenvalue weighted by molar-refractivity contribution is 0.0126. The summed E-state index contributed by atoms with van der Waals surface area (Å²) in [5, 5.41) is 14.0. The van der Waals surface area contributed by atoms with Gasteiger partial charge >= 0.3 is 0 Å². The highest BCUT2D eigenvalue weighted by Gasteiger charge is 2.24. The number of ether oxygens (including phenoxy) is 2. The molecule has 3 unspecified atom stereocenters. The van der Waals surface area contributed by atoms with Gasteiger partial charge in [-0.25, -0.2) is 0 Å². The lowest BCUT2D eigenvalue weighted by atomic mass is 9.95. The summed E-state index contributed by atoms with van der Waals surface area (Å²) in [7, 11) is 1.65. The van der Waals surface area contributed by atoms with Gasteiger partial charge < -0.3 is 19.9 Å². The summed E-state index contributed by atoms with van der Waals surface area (Å²) in [5.74, 6) is 0. The Labute approximate surface area is 115 Å². The maximum Gasteiger partial charge on any atom is 0.0897 e. The Bertz CT molecular complexity index is 207. The molecular formula is C13H27NO3S. The fraction of sp³-hybridized carbons (Fsp3) is 1.00. The molecule has 0 radical (unpaired) electrons. The van der Waals surface area contributed by atoms with Crippen LogP contribution in [0.15, 0.2) is 0 Å². The van der Waals surface area contributed by atoms with Crippen LogP contribution in [-0.4, -0.2) is 62.2 Å². The van der Waals surface area contributed by atoms with E-state index in [1.54, 1.807) is 7.11 Å². The molecule has 0 heterocycles. The van der Waals surface area contributed by atoms with Crippen molar-refractivity contribution in [2.75, 3.05) is 39.7 Å². The van der Waals surface area contributed by atoms with E-state index in [4.69, 9.17) is 9.47 Å². The van der Waals surface area contributed by atoms with E-state index in [1.165, 1.54) is 25.7 Å². The van der Waals surface area contributed by atoms with E-state index >= 15 is 0 Å². The van der Waals surface area contributed by atoms with Crippen molar-refractivity contribution in [3.63, 3.8) is 0 Å². The lowest BCUT2D eigenvalue weighted by Crippen LogP contribution is -2.44. The summed E-state index contributed by atoms with van der Waals surface area (Å²) in [6, 6.07) is 0.544. The molecule has 18 heavy (non-hydrogen) atoms. The number of aliphatic hydroxyl groups is 1. The van der Waals surface area contributed by atoms with E-state index in [2.05, 4.69) is 11.6 Å². The van der Waals surface area contributed by atoms with E-state index < -0.39 is 6.10 Å². The van der Waals surface area contributed by atoms with Crippen molar-refractivity contribution < 1.29 is 14.6 Å². The second-order valence-corrected chi connectivity index (χ2v) is 5.87. The molecule has 1 saturated carbocycles. The maximum absolute atomic E-state index is 9.80. The normalized spacial score (nSPS) is 26.2. The second-order valence-electron chi connectivity index (χ2n) is 4.79. The standard InChI is InChI=1S/C13H27NO3S/c1-16-7-8-17-10-11(15)9-14-12-5-3-4-6-13(12)18-2/h11-15H,3-10H2,1-2H3. The number of methoxy groups -OCH3 is 1. The zero-order chi connectivity index (χ0) is 13.2. The molecule has 4 nitrogen and oxygen atoms in total. The average Bonchev–Trinajstić information content (AvgIpc) is 2.41. The molecule has 3 atom stereocenters. The van der Waals surface area contributed by atoms with Crippen molar-refractivity contribution in [1.82, 2.24) is 5.32 Å². The van der Waals surface area contributed by atoms with Crippen LogP contribution >= 0.6 is 11.8 Å². The molecule has 2 N–H and O–H groups in total. The van der Waals surface area contributed by atoms with Crippen LogP contribution in [0.2, 0.25) is 0 Å². The van der Waals surface area contributed by atoms with Gasteiger partial charge in [0.2, 0.25) is 0 Å². The number of aliphatic hydroxyl groups excluding tert-OH is 1. The van der Waals surface area contributed by atoms with Crippen LogP contribution in [0.25, 0.3) is 0 Å². The molecule has 0 saturated heterocycles. The summed E-state index contributed by atoms with van der Waals surface area (Å²) in [4.78, 5) is 0. The zero-order valence-corrected chi connectivity index (χ0v) is 12.4. The smallest absolute Gasteiger partial charge is 0.0897 e. The van der Waals surface area contributed by atoms with E-state index in [0.29, 0.717) is 37.7 Å². The SMILES string of the molecule is COCCOCC(O)CNC1CCCCC1SC. The third-order valence-corrected chi connectivity index (χ3v) is 4.53. The lowest BCUT2D eigenvalue weighted by Gasteiger charge is -2.31. The molecule has 0 amide bonds. The van der Waals surface area contributed by atoms with Gasteiger partial charge in [0.25, 0.3) is 0 Å². The van der Waals surface area contributed by atoms with Gasteiger partial charge in [-0.2, -0.15) is 11.8 Å². The third kappa shape index (κ3) is 6.38. The van der Waals surface area contributed by atoms with E-state index in [1.807, 2.05) is 11.8 Å². The van der Waals surface area contributed by atoms with Crippen molar-refractivity contribution in [3.8, 4) is 0 Å². The number of nitrogens with one attached hydrogen (secondary N) is 1. The van der Waals surface area contributed by atoms with Crippen molar-refractivity contribution in [2.45, 2.75) is 43.1 Å². The van der Waals surface area contributed by atoms with E-state index in [-0.39, 0.29) is 0 Å². The number of thioether (sulfide) groups is 1. The molecule has 5 heteroatoms. The number of rotatable bonds is 9. The molecule has 108 valence electrons. The Balaban J connectivity index is 2.10. The summed E-state index contributed by atoms with van der Waals surface area (Å²) in [6.07, 6.45) is 6.91. The maximum atomic E-state index is 9.80. The number of hydrogen-bond donors (Lipinski definition) is 2. The second kappa shape index (κ2) is 10.0. The summed E-state index contributed by atoms with van der Waals surface area (Å²) < 4.78 is 10.2. The van der Waals surface area contributed by atoms with Crippen LogP contribution in [0, 0.1) is 0 Å². The number of hydrogen-bond acceptors (Lipinski definition) is 5. The molecule has 0 aromatic heterocycles. The van der Waals surface area contributed by atoms with Crippen LogP contribution in [-0.2, 0) is 9.47 Å². The third-order valence-electron chi connectivity index (χ3n) is 3.36. The molecular weight excluding hydrogens is 250 g/mol. The van der Waals surface area contributed by atoms with Crippen LogP contribution < -0.4 is 5.32 Å². The summed E-state index contributed by atoms with van der Waals surface area (Å²) in [5.41, 5.74) is 0. The van der Waals surface area contributed by atoms with Gasteiger partial charge in [-0.05, 0) is 19.1 Å². The van der Waals surface area contributed by atoms with Crippen molar-refractivity contribution in [2.24, 2.45) is 0 Å². The van der Waals surface area contributed by atoms with Crippen LogP contribution in [0.4, 0.5) is 0 Å². The van der Waals surface area contributed by atoms with Crippen LogP contribution in [0.5, 0.6) is 0 Å². The monoisotopic (exact) mass is 277 g/mol. The van der Waals surface area contributed by atoms with Gasteiger partial charge in [-0.1, -0.05) is 12.8 Å². The van der Waals surface area contributed by atoms with Crippen molar-refractivity contribution in [1.29, 1.82) is 0 Å². The largest absolute Gasteiger partial charge is 0.389 e. The molecule has 0 bridgehead atoms. The van der Waals surface area contributed by atoms with Crippen molar-refractivity contribution >= 4 is 11.8 Å². The van der Waals surface area contributed by atoms with E-state index in [9.17, 15) is 5.11 Å². The van der Waals surface area contributed by atoms with Crippen LogP contribution in [0.3, 0.4) is 0 Å². The molecule has 0 aliphatic heterocycles. The Hall–Kier alpha value is 0.190. The first-order chi connectivity index (χ1) is 8.77. The highest BCUT2D eigenvalue weighted by atomic mass is 32.2. The van der Waals surface area contributed by atoms with Gasteiger partial charge in [0.05, 0.1) is 25.9 Å². The van der Waals surface area contributed by atoms with Gasteiger partial charge in [0.15, 0.2) is 0 Å². The Morgan fingerprint density at radius 3 is 2.83 bits per heavy atom. The highest BCUT2D eigenvalue weighted by Crippen LogP contribution is 2.26. The molecule has 0 aromatic rings. The Kier molecular flexibility index (Phi) is 9.06. The summed E-state index contributed by atoms with van der Waals surface area (Å²) in [6.45, 7) is 2.13. The molecule has 1 rings (SSSR count). The molecule has 1 aliphatic carbocycles. The first-order valence-electron chi connectivity index (χ1n) is 6.78. The first kappa shape index (κ1) is 16.2. The quantitative estimate of drug-likeness (QED) is 0.622. The molecule has 0 aromatic carbocycles. The van der Waals surface area contributed by atoms with Gasteiger partial charge in [0.1, 0.15) is 0 Å². The molecule has 1 fully saturated rings. The summed E-state index contributed by atoms with van der Waals surface area (Å²) >= 11 is 1.94. The fourth-order valence-electron chi connectivity index (χ4n) is 2.32. The van der Waals surface area contributed by atoms with Crippen LogP contribution in [0.1, 0.15) is 25.7 Å². The average molecular weight is 277 g/mol. The predicted molar refractivity (Wildman–Crippen MR) is 76.3 cm³/mol. The fourth-order valence-corrected chi connectivity index (χ4v) is 3.28.